The smallest absolute Gasteiger partial charge is 0.163 e. The van der Waals surface area contributed by atoms with Gasteiger partial charge in [0.15, 0.2) is 5.65 Å². The van der Waals surface area contributed by atoms with E-state index in [2.05, 4.69) is 41.2 Å². The van der Waals surface area contributed by atoms with Crippen LogP contribution in [0.15, 0.2) is 6.20 Å². The Bertz CT molecular complexity index is 517. The first-order valence-corrected chi connectivity index (χ1v) is 6.13. The molecule has 0 spiro atoms. The van der Waals surface area contributed by atoms with E-state index in [4.69, 9.17) is 0 Å². The molecule has 2 aromatic rings. The number of nitrogens with zero attached hydrogens (tertiary/aromatic N) is 4. The summed E-state index contributed by atoms with van der Waals surface area (Å²) >= 11 is 0. The fourth-order valence-corrected chi connectivity index (χ4v) is 1.83. The highest BCUT2D eigenvalue weighted by Crippen LogP contribution is 2.23. The van der Waals surface area contributed by atoms with Gasteiger partial charge >= 0.3 is 0 Å². The third kappa shape index (κ3) is 2.09. The van der Waals surface area contributed by atoms with Crippen LogP contribution in [0.25, 0.3) is 11.0 Å². The maximum absolute atomic E-state index is 4.50. The van der Waals surface area contributed by atoms with Crippen molar-refractivity contribution in [3.63, 3.8) is 0 Å². The lowest BCUT2D eigenvalue weighted by molar-refractivity contribution is 0.489. The van der Waals surface area contributed by atoms with Gasteiger partial charge in [0.1, 0.15) is 11.6 Å². The van der Waals surface area contributed by atoms with Gasteiger partial charge in [-0.15, -0.1) is 0 Å². The van der Waals surface area contributed by atoms with Gasteiger partial charge in [0, 0.05) is 6.54 Å². The van der Waals surface area contributed by atoms with Crippen LogP contribution in [0.5, 0.6) is 0 Å². The number of fused-ring (bicyclic) bond motifs is 1. The molecule has 17 heavy (non-hydrogen) atoms. The largest absolute Gasteiger partial charge is 0.370 e. The Morgan fingerprint density at radius 3 is 2.76 bits per heavy atom. The van der Waals surface area contributed by atoms with E-state index in [0.29, 0.717) is 6.04 Å². The summed E-state index contributed by atoms with van der Waals surface area (Å²) in [5.41, 5.74) is 0.919. The Balaban J connectivity index is 2.60. The standard InChI is InChI=1S/C12H19N5/c1-5-8(3)17-12-10(7-14-17)11(13-6-2)15-9(4)16-12/h7-8H,5-6H2,1-4H3,(H,13,15,16). The predicted octanol–water partition coefficient (Wildman–Crippen LogP) is 2.54. The Morgan fingerprint density at radius 2 is 2.12 bits per heavy atom. The second-order valence-electron chi connectivity index (χ2n) is 4.23. The molecule has 0 aliphatic rings. The van der Waals surface area contributed by atoms with Crippen LogP contribution in [0.1, 0.15) is 39.1 Å². The number of nitrogens with one attached hydrogen (secondary N) is 1. The summed E-state index contributed by atoms with van der Waals surface area (Å²) in [6, 6.07) is 0.358. The van der Waals surface area contributed by atoms with Crippen LogP contribution < -0.4 is 5.32 Å². The minimum Gasteiger partial charge on any atom is -0.370 e. The number of hydrogen-bond donors (Lipinski definition) is 1. The van der Waals surface area contributed by atoms with Crippen LogP contribution in [0.2, 0.25) is 0 Å². The lowest BCUT2D eigenvalue weighted by Crippen LogP contribution is -2.08. The van der Waals surface area contributed by atoms with Gasteiger partial charge in [-0.2, -0.15) is 5.10 Å². The van der Waals surface area contributed by atoms with Gasteiger partial charge < -0.3 is 5.32 Å². The molecule has 0 aromatic carbocycles. The third-order valence-electron chi connectivity index (χ3n) is 2.92. The fraction of sp³-hybridized carbons (Fsp3) is 0.583. The summed E-state index contributed by atoms with van der Waals surface area (Å²) in [7, 11) is 0. The summed E-state index contributed by atoms with van der Waals surface area (Å²) in [4.78, 5) is 8.91. The van der Waals surface area contributed by atoms with E-state index in [9.17, 15) is 0 Å². The molecule has 0 amide bonds. The van der Waals surface area contributed by atoms with E-state index >= 15 is 0 Å². The quantitative estimate of drug-likeness (QED) is 0.881. The summed E-state index contributed by atoms with van der Waals surface area (Å²) in [5.74, 6) is 1.66. The van der Waals surface area contributed by atoms with Crippen LogP contribution in [-0.2, 0) is 0 Å². The summed E-state index contributed by atoms with van der Waals surface area (Å²) in [6.45, 7) is 9.12. The third-order valence-corrected chi connectivity index (χ3v) is 2.92. The molecule has 0 saturated heterocycles. The zero-order chi connectivity index (χ0) is 12.4. The van der Waals surface area contributed by atoms with Gasteiger partial charge in [0.25, 0.3) is 0 Å². The Labute approximate surface area is 101 Å². The van der Waals surface area contributed by atoms with Crippen LogP contribution in [0.4, 0.5) is 5.82 Å². The topological polar surface area (TPSA) is 55.6 Å². The molecule has 0 aliphatic carbocycles. The van der Waals surface area contributed by atoms with Crippen molar-refractivity contribution < 1.29 is 0 Å². The normalized spacial score (nSPS) is 12.9. The van der Waals surface area contributed by atoms with E-state index < -0.39 is 0 Å². The Kier molecular flexibility index (Phi) is 3.26. The molecule has 0 aliphatic heterocycles. The highest BCUT2D eigenvalue weighted by Gasteiger charge is 2.13. The molecule has 2 aromatic heterocycles. The van der Waals surface area contributed by atoms with Gasteiger partial charge in [-0.3, -0.25) is 0 Å². The van der Waals surface area contributed by atoms with Crippen molar-refractivity contribution in [2.45, 2.75) is 40.2 Å². The molecular weight excluding hydrogens is 214 g/mol. The summed E-state index contributed by atoms with van der Waals surface area (Å²) in [5, 5.41) is 8.68. The molecule has 1 unspecified atom stereocenters. The van der Waals surface area contributed by atoms with Crippen molar-refractivity contribution in [3.05, 3.63) is 12.0 Å². The van der Waals surface area contributed by atoms with Gasteiger partial charge in [-0.25, -0.2) is 14.6 Å². The molecule has 0 bridgehead atoms. The molecular formula is C12H19N5. The van der Waals surface area contributed by atoms with Crippen molar-refractivity contribution in [1.82, 2.24) is 19.7 Å². The van der Waals surface area contributed by atoms with Crippen LogP contribution >= 0.6 is 0 Å². The number of aromatic nitrogens is 4. The van der Waals surface area contributed by atoms with E-state index in [1.54, 1.807) is 0 Å². The summed E-state index contributed by atoms with van der Waals surface area (Å²) < 4.78 is 1.98. The maximum atomic E-state index is 4.50. The van der Waals surface area contributed by atoms with Crippen molar-refractivity contribution in [2.75, 3.05) is 11.9 Å². The SMILES string of the molecule is CCNc1nc(C)nc2c1cnn2C(C)CC. The average Bonchev–Trinajstić information content (AvgIpc) is 2.72. The molecule has 92 valence electrons. The minimum atomic E-state index is 0.358. The van der Waals surface area contributed by atoms with E-state index in [0.717, 1.165) is 35.6 Å². The highest BCUT2D eigenvalue weighted by molar-refractivity contribution is 5.86. The molecule has 2 rings (SSSR count). The first-order valence-electron chi connectivity index (χ1n) is 6.13. The molecule has 5 heteroatoms. The first-order chi connectivity index (χ1) is 8.17. The van der Waals surface area contributed by atoms with E-state index in [1.165, 1.54) is 0 Å². The van der Waals surface area contributed by atoms with Crippen molar-refractivity contribution in [1.29, 1.82) is 0 Å². The van der Waals surface area contributed by atoms with E-state index in [1.807, 2.05) is 17.8 Å². The molecule has 5 nitrogen and oxygen atoms in total. The number of rotatable bonds is 4. The highest BCUT2D eigenvalue weighted by atomic mass is 15.3. The van der Waals surface area contributed by atoms with Crippen molar-refractivity contribution >= 4 is 16.9 Å². The molecule has 0 radical (unpaired) electrons. The zero-order valence-corrected chi connectivity index (χ0v) is 10.9. The number of hydrogen-bond acceptors (Lipinski definition) is 4. The minimum absolute atomic E-state index is 0.358. The van der Waals surface area contributed by atoms with Crippen LogP contribution in [0, 0.1) is 6.92 Å². The second-order valence-corrected chi connectivity index (χ2v) is 4.23. The van der Waals surface area contributed by atoms with Crippen molar-refractivity contribution in [2.24, 2.45) is 0 Å². The first kappa shape index (κ1) is 11.8. The molecule has 0 fully saturated rings. The number of aryl methyl sites for hydroxylation is 1. The van der Waals surface area contributed by atoms with Crippen LogP contribution in [-0.4, -0.2) is 26.3 Å². The van der Waals surface area contributed by atoms with Crippen LogP contribution in [0.3, 0.4) is 0 Å². The average molecular weight is 233 g/mol. The lowest BCUT2D eigenvalue weighted by atomic mass is 10.2. The van der Waals surface area contributed by atoms with Gasteiger partial charge in [0.2, 0.25) is 0 Å². The van der Waals surface area contributed by atoms with Crippen molar-refractivity contribution in [3.8, 4) is 0 Å². The Morgan fingerprint density at radius 1 is 1.35 bits per heavy atom. The molecule has 2 heterocycles. The zero-order valence-electron chi connectivity index (χ0n) is 10.9. The lowest BCUT2D eigenvalue weighted by Gasteiger charge is -2.11. The predicted molar refractivity (Wildman–Crippen MR) is 69.2 cm³/mol. The molecule has 1 atom stereocenters. The van der Waals surface area contributed by atoms with Gasteiger partial charge in [-0.1, -0.05) is 6.92 Å². The van der Waals surface area contributed by atoms with E-state index in [-0.39, 0.29) is 0 Å². The Hall–Kier alpha value is -1.65. The van der Waals surface area contributed by atoms with Gasteiger partial charge in [-0.05, 0) is 27.2 Å². The van der Waals surface area contributed by atoms with Gasteiger partial charge in [0.05, 0.1) is 17.6 Å². The summed E-state index contributed by atoms with van der Waals surface area (Å²) in [6.07, 6.45) is 2.88. The second kappa shape index (κ2) is 4.69. The fourth-order valence-electron chi connectivity index (χ4n) is 1.83. The molecule has 1 N–H and O–H groups in total. The monoisotopic (exact) mass is 233 g/mol. The molecule has 0 saturated carbocycles. The number of anilines is 1. The maximum Gasteiger partial charge on any atom is 0.163 e.